The van der Waals surface area contributed by atoms with Crippen molar-refractivity contribution in [1.29, 1.82) is 0 Å². The van der Waals surface area contributed by atoms with E-state index in [1.165, 1.54) is 24.7 Å². The Kier molecular flexibility index (Phi) is 6.81. The number of nitrogens with one attached hydrogen (secondary N) is 1. The fraction of sp³-hybridized carbons (Fsp3) is 0.222. The Morgan fingerprint density at radius 3 is 2.76 bits per heavy atom. The number of pyridine rings is 1. The van der Waals surface area contributed by atoms with Crippen molar-refractivity contribution < 1.29 is 18.3 Å². The number of oxazole rings is 1. The number of hydrogen-bond donors (Lipinski definition) is 1. The van der Waals surface area contributed by atoms with Gasteiger partial charge in [0.25, 0.3) is 5.91 Å². The lowest BCUT2D eigenvalue weighted by Gasteiger charge is -2.20. The van der Waals surface area contributed by atoms with E-state index < -0.39 is 17.8 Å². The lowest BCUT2D eigenvalue weighted by molar-refractivity contribution is 0.0934. The molecule has 0 unspecified atom stereocenters. The van der Waals surface area contributed by atoms with Crippen molar-refractivity contribution in [3.63, 3.8) is 0 Å². The zero-order valence-electron chi connectivity index (χ0n) is 21.1. The fourth-order valence-electron chi connectivity index (χ4n) is 4.32. The molecule has 0 spiro atoms. The van der Waals surface area contributed by atoms with E-state index in [-0.39, 0.29) is 17.3 Å². The van der Waals surface area contributed by atoms with Gasteiger partial charge in [-0.3, -0.25) is 4.79 Å². The van der Waals surface area contributed by atoms with Crippen molar-refractivity contribution in [3.05, 3.63) is 88.2 Å². The summed E-state index contributed by atoms with van der Waals surface area (Å²) in [5.41, 5.74) is 3.45. The van der Waals surface area contributed by atoms with E-state index in [2.05, 4.69) is 20.4 Å². The second kappa shape index (κ2) is 10.2. The average molecular weight is 535 g/mol. The first-order valence-electron chi connectivity index (χ1n) is 11.8. The molecule has 0 aliphatic heterocycles. The molecule has 1 N–H and O–H groups in total. The molecule has 0 saturated carbocycles. The molecule has 5 aromatic rings. The Bertz CT molecular complexity index is 1660. The molecule has 0 aliphatic carbocycles. The molecular formula is C27H24ClFN6O3. The van der Waals surface area contributed by atoms with Crippen molar-refractivity contribution >= 4 is 28.4 Å². The molecule has 3 aromatic heterocycles. The number of amides is 1. The Balaban J connectivity index is 1.47. The van der Waals surface area contributed by atoms with E-state index in [0.29, 0.717) is 34.1 Å². The van der Waals surface area contributed by atoms with Gasteiger partial charge in [-0.1, -0.05) is 23.7 Å². The highest BCUT2D eigenvalue weighted by atomic mass is 35.5. The maximum atomic E-state index is 14.4. The Labute approximate surface area is 222 Å². The van der Waals surface area contributed by atoms with Gasteiger partial charge in [-0.05, 0) is 43.7 Å². The van der Waals surface area contributed by atoms with Crippen molar-refractivity contribution in [2.75, 3.05) is 0 Å². The highest BCUT2D eigenvalue weighted by Crippen LogP contribution is 2.34. The van der Waals surface area contributed by atoms with Crippen LogP contribution in [0.5, 0.6) is 5.75 Å². The van der Waals surface area contributed by atoms with Gasteiger partial charge in [-0.2, -0.15) is 5.10 Å². The molecule has 0 fully saturated rings. The van der Waals surface area contributed by atoms with Crippen LogP contribution in [-0.2, 0) is 13.7 Å². The highest BCUT2D eigenvalue weighted by Gasteiger charge is 2.21. The first-order chi connectivity index (χ1) is 18.2. The number of rotatable bonds is 7. The maximum Gasteiger partial charge on any atom is 0.273 e. The van der Waals surface area contributed by atoms with Gasteiger partial charge < -0.3 is 14.5 Å². The molecule has 0 bridgehead atoms. The largest absolute Gasteiger partial charge is 0.487 e. The predicted molar refractivity (Wildman–Crippen MR) is 139 cm³/mol. The van der Waals surface area contributed by atoms with E-state index in [4.69, 9.17) is 25.7 Å². The maximum absolute atomic E-state index is 14.4. The molecule has 194 valence electrons. The molecule has 5 rings (SSSR count). The molecular weight excluding hydrogens is 511 g/mol. The number of halogens is 2. The van der Waals surface area contributed by atoms with Gasteiger partial charge in [0, 0.05) is 36.2 Å². The molecule has 1 atom stereocenters. The Morgan fingerprint density at radius 1 is 1.24 bits per heavy atom. The zero-order valence-corrected chi connectivity index (χ0v) is 21.9. The summed E-state index contributed by atoms with van der Waals surface area (Å²) in [6, 6.07) is 9.53. The Hall–Kier alpha value is -4.31. The van der Waals surface area contributed by atoms with Gasteiger partial charge >= 0.3 is 0 Å². The molecule has 0 aliphatic rings. The van der Waals surface area contributed by atoms with Crippen molar-refractivity contribution in [2.24, 2.45) is 7.05 Å². The SMILES string of the molecule is Cc1cc(-c2ncnn2C)c2cccc(OCc3c(Cl)cc(F)cc3[C@H](C)NC(=O)c3coc(C)n3)c2n1. The molecule has 3 heterocycles. The van der Waals surface area contributed by atoms with Crippen molar-refractivity contribution in [3.8, 4) is 17.1 Å². The predicted octanol–water partition coefficient (Wildman–Crippen LogP) is 5.50. The minimum atomic E-state index is -0.596. The normalized spacial score (nSPS) is 12.1. The second-order valence-electron chi connectivity index (χ2n) is 8.86. The molecule has 1 amide bonds. The van der Waals surface area contributed by atoms with Crippen LogP contribution >= 0.6 is 11.6 Å². The lowest BCUT2D eigenvalue weighted by Crippen LogP contribution is -2.28. The summed E-state index contributed by atoms with van der Waals surface area (Å²) in [5.74, 6) is 0.616. The minimum Gasteiger partial charge on any atom is -0.487 e. The van der Waals surface area contributed by atoms with E-state index in [9.17, 15) is 9.18 Å². The number of benzene rings is 2. The van der Waals surface area contributed by atoms with Crippen molar-refractivity contribution in [2.45, 2.75) is 33.4 Å². The number of fused-ring (bicyclic) bond motifs is 1. The summed E-state index contributed by atoms with van der Waals surface area (Å²) >= 11 is 6.46. The number of carbonyl (C=O) groups excluding carboxylic acids is 1. The number of hydrogen-bond acceptors (Lipinski definition) is 7. The molecule has 11 heteroatoms. The third-order valence-electron chi connectivity index (χ3n) is 6.12. The van der Waals surface area contributed by atoms with Crippen LogP contribution in [0, 0.1) is 19.7 Å². The standard InChI is InChI=1S/C27H24ClFN6O3/c1-14-8-20(26-30-13-31-35(26)4)18-6-5-7-24(25(18)32-14)38-11-21-19(9-17(29)10-22(21)28)15(2)33-27(36)23-12-37-16(3)34-23/h5-10,12-13,15H,11H2,1-4H3,(H,33,36)/t15-/m0/s1. The van der Waals surface area contributed by atoms with E-state index in [1.807, 2.05) is 38.2 Å². The molecule has 0 radical (unpaired) electrons. The molecule has 0 saturated heterocycles. The second-order valence-corrected chi connectivity index (χ2v) is 9.27. The van der Waals surface area contributed by atoms with Crippen LogP contribution in [0.25, 0.3) is 22.3 Å². The van der Waals surface area contributed by atoms with Gasteiger partial charge in [0.2, 0.25) is 0 Å². The van der Waals surface area contributed by atoms with Gasteiger partial charge in [0.1, 0.15) is 36.3 Å². The third kappa shape index (κ3) is 4.95. The van der Waals surface area contributed by atoms with Crippen LogP contribution < -0.4 is 10.1 Å². The van der Waals surface area contributed by atoms with Crippen LogP contribution in [0.4, 0.5) is 4.39 Å². The highest BCUT2D eigenvalue weighted by molar-refractivity contribution is 6.31. The van der Waals surface area contributed by atoms with E-state index in [0.717, 1.165) is 16.6 Å². The van der Waals surface area contributed by atoms with Gasteiger partial charge in [0.05, 0.1) is 11.1 Å². The van der Waals surface area contributed by atoms with E-state index >= 15 is 0 Å². The number of aryl methyl sites for hydroxylation is 3. The summed E-state index contributed by atoms with van der Waals surface area (Å²) in [6.07, 6.45) is 2.77. The first kappa shape index (κ1) is 25.3. The number of ether oxygens (including phenoxy) is 1. The van der Waals surface area contributed by atoms with Crippen LogP contribution in [-0.4, -0.2) is 30.6 Å². The summed E-state index contributed by atoms with van der Waals surface area (Å²) < 4.78 is 27.4. The number of aromatic nitrogens is 5. The number of nitrogens with zero attached hydrogens (tertiary/aromatic N) is 5. The van der Waals surface area contributed by atoms with Crippen LogP contribution in [0.1, 0.15) is 46.2 Å². The minimum absolute atomic E-state index is 0.0196. The zero-order chi connectivity index (χ0) is 27.0. The van der Waals surface area contributed by atoms with Gasteiger partial charge in [-0.25, -0.2) is 24.0 Å². The van der Waals surface area contributed by atoms with Gasteiger partial charge in [0.15, 0.2) is 17.4 Å². The smallest absolute Gasteiger partial charge is 0.273 e. The molecule has 9 nitrogen and oxygen atoms in total. The average Bonchev–Trinajstić information content (AvgIpc) is 3.50. The van der Waals surface area contributed by atoms with Crippen LogP contribution in [0.3, 0.4) is 0 Å². The Morgan fingerprint density at radius 2 is 2.05 bits per heavy atom. The van der Waals surface area contributed by atoms with E-state index in [1.54, 1.807) is 18.5 Å². The lowest BCUT2D eigenvalue weighted by atomic mass is 10.0. The van der Waals surface area contributed by atoms with Crippen LogP contribution in [0.2, 0.25) is 5.02 Å². The monoisotopic (exact) mass is 534 g/mol. The molecule has 2 aromatic carbocycles. The topological polar surface area (TPSA) is 108 Å². The summed E-state index contributed by atoms with van der Waals surface area (Å²) in [5, 5.41) is 8.02. The van der Waals surface area contributed by atoms with Gasteiger partial charge in [-0.15, -0.1) is 0 Å². The number of carbonyl (C=O) groups is 1. The summed E-state index contributed by atoms with van der Waals surface area (Å²) in [7, 11) is 1.83. The van der Waals surface area contributed by atoms with Crippen molar-refractivity contribution in [1.82, 2.24) is 30.0 Å². The summed E-state index contributed by atoms with van der Waals surface area (Å²) in [6.45, 7) is 5.29. The fourth-order valence-corrected chi connectivity index (χ4v) is 4.59. The van der Waals surface area contributed by atoms with Crippen LogP contribution in [0.15, 0.2) is 53.4 Å². The molecule has 38 heavy (non-hydrogen) atoms. The summed E-state index contributed by atoms with van der Waals surface area (Å²) in [4.78, 5) is 25.8. The number of para-hydroxylation sites is 1. The first-order valence-corrected chi connectivity index (χ1v) is 12.2. The third-order valence-corrected chi connectivity index (χ3v) is 6.45. The quantitative estimate of drug-likeness (QED) is 0.294.